The van der Waals surface area contributed by atoms with Crippen molar-refractivity contribution in [3.05, 3.63) is 33.5 Å². The molecule has 1 saturated heterocycles. The number of hydrogen-bond acceptors (Lipinski definition) is 2. The van der Waals surface area contributed by atoms with Gasteiger partial charge in [0.2, 0.25) is 11.8 Å². The Kier molecular flexibility index (Phi) is 3.05. The van der Waals surface area contributed by atoms with E-state index in [-0.39, 0.29) is 36.6 Å². The minimum Gasteiger partial charge on any atom is -0.347 e. The normalized spacial score (nSPS) is 22.4. The van der Waals surface area contributed by atoms with Crippen LogP contribution in [0.2, 0.25) is 0 Å². The first-order chi connectivity index (χ1) is 9.08. The van der Waals surface area contributed by atoms with Crippen LogP contribution in [0.3, 0.4) is 0 Å². The third kappa shape index (κ3) is 2.04. The highest BCUT2D eigenvalue weighted by Crippen LogP contribution is 2.37. The Balaban J connectivity index is 2.09. The van der Waals surface area contributed by atoms with E-state index >= 15 is 0 Å². The van der Waals surface area contributed by atoms with E-state index in [9.17, 15) is 14.0 Å². The van der Waals surface area contributed by atoms with Gasteiger partial charge in [0.05, 0.1) is 23.5 Å². The minimum absolute atomic E-state index is 0.0486. The first-order valence-corrected chi connectivity index (χ1v) is 6.90. The van der Waals surface area contributed by atoms with E-state index in [0.717, 1.165) is 11.1 Å². The SMILES string of the molecule is O=C1C[C@H]2c3ccc(F)c(Br)c3CCN2C(=O)CN1. The summed E-state index contributed by atoms with van der Waals surface area (Å²) in [6.45, 7) is 0.570. The summed E-state index contributed by atoms with van der Waals surface area (Å²) in [6, 6.07) is 2.77. The number of carbonyl (C=O) groups excluding carboxylic acids is 2. The lowest BCUT2D eigenvalue weighted by molar-refractivity contribution is -0.132. The van der Waals surface area contributed by atoms with E-state index in [4.69, 9.17) is 0 Å². The molecule has 0 unspecified atom stereocenters. The van der Waals surface area contributed by atoms with Gasteiger partial charge in [0.15, 0.2) is 0 Å². The predicted octanol–water partition coefficient (Wildman–Crippen LogP) is 1.53. The molecule has 1 aromatic rings. The van der Waals surface area contributed by atoms with Crippen molar-refractivity contribution in [1.29, 1.82) is 0 Å². The summed E-state index contributed by atoms with van der Waals surface area (Å²) in [5.74, 6) is -0.535. The van der Waals surface area contributed by atoms with Crippen molar-refractivity contribution in [2.45, 2.75) is 18.9 Å². The van der Waals surface area contributed by atoms with Gasteiger partial charge in [-0.25, -0.2) is 4.39 Å². The third-order valence-electron chi connectivity index (χ3n) is 3.71. The fourth-order valence-corrected chi connectivity index (χ4v) is 3.33. The van der Waals surface area contributed by atoms with Gasteiger partial charge in [0.1, 0.15) is 5.82 Å². The smallest absolute Gasteiger partial charge is 0.242 e. The average molecular weight is 327 g/mol. The molecule has 6 heteroatoms. The fraction of sp³-hybridized carbons (Fsp3) is 0.385. The first-order valence-electron chi connectivity index (χ1n) is 6.11. The third-order valence-corrected chi connectivity index (χ3v) is 4.56. The number of benzene rings is 1. The molecule has 4 nitrogen and oxygen atoms in total. The van der Waals surface area contributed by atoms with E-state index < -0.39 is 0 Å². The van der Waals surface area contributed by atoms with Gasteiger partial charge in [-0.05, 0) is 39.5 Å². The molecule has 2 amide bonds. The first kappa shape index (κ1) is 12.6. The zero-order valence-corrected chi connectivity index (χ0v) is 11.7. The largest absolute Gasteiger partial charge is 0.347 e. The number of rotatable bonds is 0. The van der Waals surface area contributed by atoms with Crippen molar-refractivity contribution in [3.8, 4) is 0 Å². The van der Waals surface area contributed by atoms with E-state index in [1.54, 1.807) is 11.0 Å². The topological polar surface area (TPSA) is 49.4 Å². The molecule has 2 aliphatic rings. The van der Waals surface area contributed by atoms with Crippen molar-refractivity contribution in [2.24, 2.45) is 0 Å². The van der Waals surface area contributed by atoms with E-state index in [1.165, 1.54) is 6.07 Å². The second kappa shape index (κ2) is 4.59. The summed E-state index contributed by atoms with van der Waals surface area (Å²) >= 11 is 3.25. The van der Waals surface area contributed by atoms with Gasteiger partial charge in [-0.2, -0.15) is 0 Å². The fourth-order valence-electron chi connectivity index (χ4n) is 2.77. The van der Waals surface area contributed by atoms with Crippen LogP contribution >= 0.6 is 15.9 Å². The van der Waals surface area contributed by atoms with Gasteiger partial charge in [-0.15, -0.1) is 0 Å². The second-order valence-electron chi connectivity index (χ2n) is 4.76. The van der Waals surface area contributed by atoms with Crippen LogP contribution in [0.25, 0.3) is 0 Å². The van der Waals surface area contributed by atoms with Crippen LogP contribution in [0.4, 0.5) is 4.39 Å². The number of carbonyl (C=O) groups is 2. The summed E-state index contributed by atoms with van der Waals surface area (Å²) in [7, 11) is 0. The van der Waals surface area contributed by atoms with E-state index in [0.29, 0.717) is 17.4 Å². The highest BCUT2D eigenvalue weighted by Gasteiger charge is 2.35. The number of hydrogen-bond donors (Lipinski definition) is 1. The quantitative estimate of drug-likeness (QED) is 0.786. The highest BCUT2D eigenvalue weighted by molar-refractivity contribution is 9.10. The Bertz CT molecular complexity index is 576. The van der Waals surface area contributed by atoms with Crippen molar-refractivity contribution >= 4 is 27.7 Å². The zero-order valence-electron chi connectivity index (χ0n) is 10.1. The lowest BCUT2D eigenvalue weighted by Gasteiger charge is -2.36. The zero-order chi connectivity index (χ0) is 13.6. The number of nitrogens with one attached hydrogen (secondary N) is 1. The molecule has 100 valence electrons. The van der Waals surface area contributed by atoms with Crippen LogP contribution < -0.4 is 5.32 Å². The highest BCUT2D eigenvalue weighted by atomic mass is 79.9. The Morgan fingerprint density at radius 2 is 2.16 bits per heavy atom. The number of fused-ring (bicyclic) bond motifs is 3. The molecular weight excluding hydrogens is 315 g/mol. The van der Waals surface area contributed by atoms with Gasteiger partial charge in [-0.3, -0.25) is 9.59 Å². The molecule has 0 aliphatic carbocycles. The van der Waals surface area contributed by atoms with E-state index in [2.05, 4.69) is 21.2 Å². The Morgan fingerprint density at radius 1 is 1.37 bits per heavy atom. The predicted molar refractivity (Wildman–Crippen MR) is 69.9 cm³/mol. The average Bonchev–Trinajstić information content (AvgIpc) is 2.54. The Hall–Kier alpha value is -1.43. The molecule has 0 radical (unpaired) electrons. The minimum atomic E-state index is -0.309. The number of nitrogens with zero attached hydrogens (tertiary/aromatic N) is 1. The van der Waals surface area contributed by atoms with Gasteiger partial charge in [0.25, 0.3) is 0 Å². The standard InChI is InChI=1S/C13H12BrFN2O2/c14-13-8-3-4-17-10(7(8)1-2-9(13)15)5-11(18)16-6-12(17)19/h1-2,10H,3-6H2,(H,16,18)/t10-/m0/s1. The van der Waals surface area contributed by atoms with Crippen molar-refractivity contribution in [3.63, 3.8) is 0 Å². The number of halogens is 2. The maximum Gasteiger partial charge on any atom is 0.242 e. The number of amides is 2. The molecule has 1 fully saturated rings. The van der Waals surface area contributed by atoms with Crippen LogP contribution in [-0.4, -0.2) is 29.8 Å². The molecule has 1 N–H and O–H groups in total. The molecular formula is C13H12BrFN2O2. The van der Waals surface area contributed by atoms with Crippen LogP contribution in [-0.2, 0) is 16.0 Å². The van der Waals surface area contributed by atoms with Crippen molar-refractivity contribution < 1.29 is 14.0 Å². The van der Waals surface area contributed by atoms with Gasteiger partial charge in [0, 0.05) is 6.54 Å². The van der Waals surface area contributed by atoms with Crippen LogP contribution in [0, 0.1) is 5.82 Å². The second-order valence-corrected chi connectivity index (χ2v) is 5.56. The summed E-state index contributed by atoms with van der Waals surface area (Å²) in [6.07, 6.45) is 0.834. The molecule has 0 bridgehead atoms. The maximum absolute atomic E-state index is 13.6. The molecule has 0 aromatic heterocycles. The molecule has 3 rings (SSSR count). The molecule has 2 aliphatic heterocycles. The molecule has 1 aromatic carbocycles. The van der Waals surface area contributed by atoms with Crippen molar-refractivity contribution in [1.82, 2.24) is 10.2 Å². The molecule has 1 atom stereocenters. The molecule has 2 heterocycles. The van der Waals surface area contributed by atoms with Crippen LogP contribution in [0.15, 0.2) is 16.6 Å². The van der Waals surface area contributed by atoms with Gasteiger partial charge < -0.3 is 10.2 Å². The molecule has 0 spiro atoms. The Labute approximate surface area is 118 Å². The summed E-state index contributed by atoms with van der Waals surface area (Å²) in [4.78, 5) is 25.4. The van der Waals surface area contributed by atoms with Crippen LogP contribution in [0.1, 0.15) is 23.6 Å². The van der Waals surface area contributed by atoms with Crippen molar-refractivity contribution in [2.75, 3.05) is 13.1 Å². The monoisotopic (exact) mass is 326 g/mol. The lowest BCUT2D eigenvalue weighted by Crippen LogP contribution is -2.41. The molecule has 19 heavy (non-hydrogen) atoms. The van der Waals surface area contributed by atoms with Crippen LogP contribution in [0.5, 0.6) is 0 Å². The molecule has 0 saturated carbocycles. The maximum atomic E-state index is 13.6. The lowest BCUT2D eigenvalue weighted by atomic mass is 9.90. The van der Waals surface area contributed by atoms with Gasteiger partial charge >= 0.3 is 0 Å². The van der Waals surface area contributed by atoms with E-state index in [1.807, 2.05) is 0 Å². The Morgan fingerprint density at radius 3 is 2.95 bits per heavy atom. The summed E-state index contributed by atoms with van der Waals surface area (Å²) < 4.78 is 14.0. The van der Waals surface area contributed by atoms with Gasteiger partial charge in [-0.1, -0.05) is 6.07 Å². The summed E-state index contributed by atoms with van der Waals surface area (Å²) in [5.41, 5.74) is 1.73. The summed E-state index contributed by atoms with van der Waals surface area (Å²) in [5, 5.41) is 2.59.